The van der Waals surface area contributed by atoms with Gasteiger partial charge in [0.25, 0.3) is 0 Å². The first-order valence-electron chi connectivity index (χ1n) is 10.6. The molecule has 1 amide bonds. The summed E-state index contributed by atoms with van der Waals surface area (Å²) in [6.45, 7) is 0.253. The number of hydrogen-bond donors (Lipinski definition) is 1. The van der Waals surface area contributed by atoms with E-state index in [0.29, 0.717) is 18.0 Å². The van der Waals surface area contributed by atoms with Crippen LogP contribution in [0, 0.1) is 0 Å². The quantitative estimate of drug-likeness (QED) is 0.607. The van der Waals surface area contributed by atoms with Gasteiger partial charge >= 0.3 is 0 Å². The van der Waals surface area contributed by atoms with Gasteiger partial charge < -0.3 is 10.1 Å². The van der Waals surface area contributed by atoms with Gasteiger partial charge in [-0.05, 0) is 61.2 Å². The van der Waals surface area contributed by atoms with Gasteiger partial charge in [0, 0.05) is 17.6 Å². The van der Waals surface area contributed by atoms with Crippen molar-refractivity contribution in [3.8, 4) is 5.75 Å². The fourth-order valence-electron chi connectivity index (χ4n) is 3.86. The minimum absolute atomic E-state index is 0.161. The molecule has 0 spiro atoms. The maximum atomic E-state index is 13.3. The van der Waals surface area contributed by atoms with Gasteiger partial charge in [0.15, 0.2) is 0 Å². The number of carbonyl (C=O) groups excluding carboxylic acids is 1. The first kappa shape index (κ1) is 23.6. The van der Waals surface area contributed by atoms with E-state index in [-0.39, 0.29) is 23.4 Å². The Hall–Kier alpha value is -2.09. The third kappa shape index (κ3) is 6.45. The lowest BCUT2D eigenvalue weighted by molar-refractivity contribution is -0.121. The average molecular weight is 465 g/mol. The van der Waals surface area contributed by atoms with E-state index < -0.39 is 10.0 Å². The number of ether oxygens (including phenoxy) is 1. The zero-order valence-electron chi connectivity index (χ0n) is 17.7. The lowest BCUT2D eigenvalue weighted by atomic mass is 9.95. The van der Waals surface area contributed by atoms with Crippen molar-refractivity contribution in [3.63, 3.8) is 0 Å². The number of hydrogen-bond acceptors (Lipinski definition) is 4. The highest BCUT2D eigenvalue weighted by atomic mass is 35.5. The molecule has 8 heteroatoms. The number of amides is 1. The molecule has 6 nitrogen and oxygen atoms in total. The molecule has 1 aliphatic rings. The summed E-state index contributed by atoms with van der Waals surface area (Å²) in [6, 6.07) is 13.6. The summed E-state index contributed by atoms with van der Waals surface area (Å²) in [6.07, 6.45) is 5.23. The Morgan fingerprint density at radius 1 is 1.06 bits per heavy atom. The molecule has 0 unspecified atom stereocenters. The molecule has 0 aliphatic heterocycles. The second-order valence-corrected chi connectivity index (χ2v) is 10.1. The van der Waals surface area contributed by atoms with Crippen LogP contribution in [-0.4, -0.2) is 44.9 Å². The van der Waals surface area contributed by atoms with Crippen LogP contribution in [0.25, 0.3) is 0 Å². The largest absolute Gasteiger partial charge is 0.497 e. The summed E-state index contributed by atoms with van der Waals surface area (Å²) in [7, 11) is -2.18. The second kappa shape index (κ2) is 11.0. The SMILES string of the molecule is COc1ccc(CCNC(=O)CN(C2CCCCC2)S(=O)(=O)c2ccc(Cl)cc2)cc1. The van der Waals surface area contributed by atoms with Crippen molar-refractivity contribution in [3.05, 3.63) is 59.1 Å². The van der Waals surface area contributed by atoms with Crippen molar-refractivity contribution in [2.24, 2.45) is 0 Å². The number of nitrogens with one attached hydrogen (secondary N) is 1. The van der Waals surface area contributed by atoms with E-state index in [4.69, 9.17) is 16.3 Å². The van der Waals surface area contributed by atoms with Crippen molar-refractivity contribution >= 4 is 27.5 Å². The van der Waals surface area contributed by atoms with E-state index in [0.717, 1.165) is 43.4 Å². The molecule has 1 aliphatic carbocycles. The van der Waals surface area contributed by atoms with Crippen LogP contribution >= 0.6 is 11.6 Å². The highest BCUT2D eigenvalue weighted by Crippen LogP contribution is 2.28. The zero-order chi connectivity index (χ0) is 22.3. The minimum Gasteiger partial charge on any atom is -0.497 e. The van der Waals surface area contributed by atoms with Crippen molar-refractivity contribution < 1.29 is 17.9 Å². The van der Waals surface area contributed by atoms with Crippen LogP contribution in [0.4, 0.5) is 0 Å². The van der Waals surface area contributed by atoms with Crippen molar-refractivity contribution in [1.29, 1.82) is 0 Å². The van der Waals surface area contributed by atoms with Crippen LogP contribution in [0.3, 0.4) is 0 Å². The molecular weight excluding hydrogens is 436 g/mol. The molecule has 1 fully saturated rings. The van der Waals surface area contributed by atoms with E-state index in [1.165, 1.54) is 16.4 Å². The number of carbonyl (C=O) groups is 1. The molecule has 31 heavy (non-hydrogen) atoms. The summed E-state index contributed by atoms with van der Waals surface area (Å²) in [4.78, 5) is 12.8. The van der Waals surface area contributed by atoms with Gasteiger partial charge in [0.2, 0.25) is 15.9 Å². The summed E-state index contributed by atoms with van der Waals surface area (Å²) in [5, 5.41) is 3.34. The summed E-state index contributed by atoms with van der Waals surface area (Å²) in [5.74, 6) is 0.486. The molecule has 0 aromatic heterocycles. The van der Waals surface area contributed by atoms with Crippen molar-refractivity contribution in [2.45, 2.75) is 49.5 Å². The first-order valence-corrected chi connectivity index (χ1v) is 12.4. The summed E-state index contributed by atoms with van der Waals surface area (Å²) < 4.78 is 33.2. The number of methoxy groups -OCH3 is 1. The predicted octanol–water partition coefficient (Wildman–Crippen LogP) is 4.03. The van der Waals surface area contributed by atoms with Crippen molar-refractivity contribution in [2.75, 3.05) is 20.2 Å². The topological polar surface area (TPSA) is 75.7 Å². The molecule has 0 atom stereocenters. The zero-order valence-corrected chi connectivity index (χ0v) is 19.3. The first-order chi connectivity index (χ1) is 14.9. The van der Waals surface area contributed by atoms with Gasteiger partial charge in [0.05, 0.1) is 18.6 Å². The molecular formula is C23H29ClN2O4S. The van der Waals surface area contributed by atoms with Crippen LogP contribution in [-0.2, 0) is 21.2 Å². The van der Waals surface area contributed by atoms with Crippen LogP contribution in [0.1, 0.15) is 37.7 Å². The summed E-state index contributed by atoms with van der Waals surface area (Å²) in [5.41, 5.74) is 1.07. The van der Waals surface area contributed by atoms with Crippen LogP contribution in [0.2, 0.25) is 5.02 Å². The van der Waals surface area contributed by atoms with Gasteiger partial charge in [-0.1, -0.05) is 43.0 Å². The van der Waals surface area contributed by atoms with E-state index >= 15 is 0 Å². The molecule has 168 valence electrons. The molecule has 2 aromatic rings. The highest BCUT2D eigenvalue weighted by molar-refractivity contribution is 7.89. The van der Waals surface area contributed by atoms with E-state index in [1.54, 1.807) is 19.2 Å². The molecule has 3 rings (SSSR count). The number of nitrogens with zero attached hydrogens (tertiary/aromatic N) is 1. The Morgan fingerprint density at radius 3 is 2.32 bits per heavy atom. The van der Waals surface area contributed by atoms with E-state index in [9.17, 15) is 13.2 Å². The summed E-state index contributed by atoms with van der Waals surface area (Å²) >= 11 is 5.92. The lowest BCUT2D eigenvalue weighted by Gasteiger charge is -2.33. The Kier molecular flexibility index (Phi) is 8.35. The maximum absolute atomic E-state index is 13.3. The maximum Gasteiger partial charge on any atom is 0.243 e. The smallest absolute Gasteiger partial charge is 0.243 e. The molecule has 0 radical (unpaired) electrons. The number of sulfonamides is 1. The van der Waals surface area contributed by atoms with Gasteiger partial charge in [0.1, 0.15) is 5.75 Å². The van der Waals surface area contributed by atoms with Gasteiger partial charge in [-0.25, -0.2) is 8.42 Å². The second-order valence-electron chi connectivity index (χ2n) is 7.74. The minimum atomic E-state index is -3.80. The molecule has 0 saturated heterocycles. The van der Waals surface area contributed by atoms with Crippen LogP contribution < -0.4 is 10.1 Å². The van der Waals surface area contributed by atoms with Gasteiger partial charge in [-0.15, -0.1) is 0 Å². The van der Waals surface area contributed by atoms with E-state index in [1.807, 2.05) is 24.3 Å². The third-order valence-corrected chi connectivity index (χ3v) is 7.76. The lowest BCUT2D eigenvalue weighted by Crippen LogP contribution is -2.47. The Labute approximate surface area is 189 Å². The van der Waals surface area contributed by atoms with Crippen molar-refractivity contribution in [1.82, 2.24) is 9.62 Å². The highest BCUT2D eigenvalue weighted by Gasteiger charge is 2.33. The normalized spacial score (nSPS) is 15.1. The molecule has 0 bridgehead atoms. The Balaban J connectivity index is 1.66. The van der Waals surface area contributed by atoms with Gasteiger partial charge in [-0.2, -0.15) is 4.31 Å². The number of halogens is 1. The Bertz CT molecular complexity index is 956. The van der Waals surface area contributed by atoms with E-state index in [2.05, 4.69) is 5.32 Å². The van der Waals surface area contributed by atoms with Crippen LogP contribution in [0.15, 0.2) is 53.4 Å². The molecule has 1 saturated carbocycles. The fraction of sp³-hybridized carbons (Fsp3) is 0.435. The Morgan fingerprint density at radius 2 is 1.71 bits per heavy atom. The third-order valence-electron chi connectivity index (χ3n) is 5.60. The molecule has 0 heterocycles. The average Bonchev–Trinajstić information content (AvgIpc) is 2.78. The predicted molar refractivity (Wildman–Crippen MR) is 122 cm³/mol. The fourth-order valence-corrected chi connectivity index (χ4v) is 5.62. The standard InChI is InChI=1S/C23H29ClN2O4S/c1-30-21-11-7-18(8-12-21)15-16-25-23(27)17-26(20-5-3-2-4-6-20)31(28,29)22-13-9-19(24)10-14-22/h7-14,20H,2-6,15-17H2,1H3,(H,25,27). The molecule has 2 aromatic carbocycles. The van der Waals surface area contributed by atoms with Gasteiger partial charge in [-0.3, -0.25) is 4.79 Å². The number of rotatable bonds is 9. The molecule has 1 N–H and O–H groups in total. The van der Waals surface area contributed by atoms with Crippen LogP contribution in [0.5, 0.6) is 5.75 Å². The number of benzene rings is 2. The monoisotopic (exact) mass is 464 g/mol.